The molecule has 2 aromatic carbocycles. The predicted molar refractivity (Wildman–Crippen MR) is 125 cm³/mol. The highest BCUT2D eigenvalue weighted by Crippen LogP contribution is 2.29. The van der Waals surface area contributed by atoms with E-state index in [0.29, 0.717) is 12.6 Å². The van der Waals surface area contributed by atoms with Crippen molar-refractivity contribution in [2.75, 3.05) is 26.3 Å². The Kier molecular flexibility index (Phi) is 8.74. The maximum Gasteiger partial charge on any atom is 0.240 e. The molecule has 0 aliphatic carbocycles. The third kappa shape index (κ3) is 6.56. The minimum Gasteiger partial charge on any atom is -0.341 e. The number of halogens is 1. The second-order valence-corrected chi connectivity index (χ2v) is 8.93. The molecule has 0 spiro atoms. The summed E-state index contributed by atoms with van der Waals surface area (Å²) in [6.07, 6.45) is 3.00. The van der Waals surface area contributed by atoms with Crippen LogP contribution in [0, 0.1) is 5.92 Å². The fourth-order valence-corrected chi connectivity index (χ4v) is 4.25. The zero-order chi connectivity index (χ0) is 21.3. The van der Waals surface area contributed by atoms with E-state index in [1.54, 1.807) is 0 Å². The first kappa shape index (κ1) is 22.8. The lowest BCUT2D eigenvalue weighted by molar-refractivity contribution is -0.135. The highest BCUT2D eigenvalue weighted by molar-refractivity contribution is 6.30. The summed E-state index contributed by atoms with van der Waals surface area (Å²) in [6, 6.07) is 18.4. The lowest BCUT2D eigenvalue weighted by atomic mass is 9.89. The highest BCUT2D eigenvalue weighted by atomic mass is 35.5. The van der Waals surface area contributed by atoms with Crippen molar-refractivity contribution in [3.05, 3.63) is 70.7 Å². The molecule has 0 saturated carbocycles. The molecule has 162 valence electrons. The smallest absolute Gasteiger partial charge is 0.240 e. The van der Waals surface area contributed by atoms with Crippen molar-refractivity contribution in [2.24, 2.45) is 5.92 Å². The maximum absolute atomic E-state index is 13.1. The van der Waals surface area contributed by atoms with E-state index in [-0.39, 0.29) is 17.9 Å². The van der Waals surface area contributed by atoms with Gasteiger partial charge in [-0.15, -0.1) is 0 Å². The van der Waals surface area contributed by atoms with Gasteiger partial charge >= 0.3 is 0 Å². The van der Waals surface area contributed by atoms with Crippen LogP contribution in [0.1, 0.15) is 43.7 Å². The van der Waals surface area contributed by atoms with Crippen molar-refractivity contribution in [3.63, 3.8) is 0 Å². The first-order valence-electron chi connectivity index (χ1n) is 11.1. The number of hydrogen-bond donors (Lipinski definition) is 2. The van der Waals surface area contributed by atoms with Gasteiger partial charge in [0.15, 0.2) is 0 Å². The average Bonchev–Trinajstić information content (AvgIpc) is 2.77. The fourth-order valence-electron chi connectivity index (χ4n) is 4.12. The summed E-state index contributed by atoms with van der Waals surface area (Å²) in [6.45, 7) is 7.39. The summed E-state index contributed by atoms with van der Waals surface area (Å²) in [7, 11) is 0. The van der Waals surface area contributed by atoms with Gasteiger partial charge in [0.1, 0.15) is 0 Å². The number of nitrogens with zero attached hydrogens (tertiary/aromatic N) is 1. The number of likely N-dealkylation sites (tertiary alicyclic amines) is 1. The van der Waals surface area contributed by atoms with Crippen molar-refractivity contribution in [3.8, 4) is 0 Å². The van der Waals surface area contributed by atoms with Crippen LogP contribution in [-0.4, -0.2) is 43.2 Å². The number of piperidine rings is 1. The molecule has 0 unspecified atom stereocenters. The van der Waals surface area contributed by atoms with Crippen LogP contribution in [0.2, 0.25) is 5.02 Å². The van der Waals surface area contributed by atoms with Crippen LogP contribution in [0.5, 0.6) is 0 Å². The Balaban J connectivity index is 1.43. The topological polar surface area (TPSA) is 44.4 Å². The summed E-state index contributed by atoms with van der Waals surface area (Å²) in [5.41, 5.74) is 2.65. The van der Waals surface area contributed by atoms with E-state index in [9.17, 15) is 4.79 Å². The quantitative estimate of drug-likeness (QED) is 0.459. The first-order valence-corrected chi connectivity index (χ1v) is 11.4. The van der Waals surface area contributed by atoms with Crippen molar-refractivity contribution in [2.45, 2.75) is 45.1 Å². The SMILES string of the molecule is CC(C)[C@@H](NCNCCc1ccccc1)C(=O)N1CCC(c2ccc(Cl)cc2)CC1. The molecule has 1 aliphatic heterocycles. The largest absolute Gasteiger partial charge is 0.341 e. The molecule has 1 aliphatic rings. The van der Waals surface area contributed by atoms with Crippen LogP contribution >= 0.6 is 11.6 Å². The number of carbonyl (C=O) groups excluding carboxylic acids is 1. The Morgan fingerprint density at radius 2 is 1.73 bits per heavy atom. The molecule has 2 aromatic rings. The molecule has 4 nitrogen and oxygen atoms in total. The van der Waals surface area contributed by atoms with Crippen LogP contribution < -0.4 is 10.6 Å². The van der Waals surface area contributed by atoms with E-state index in [1.807, 2.05) is 23.1 Å². The van der Waals surface area contributed by atoms with Gasteiger partial charge in [0.05, 0.1) is 6.04 Å². The first-order chi connectivity index (χ1) is 14.5. The van der Waals surface area contributed by atoms with E-state index >= 15 is 0 Å². The van der Waals surface area contributed by atoms with Crippen molar-refractivity contribution < 1.29 is 4.79 Å². The number of benzene rings is 2. The van der Waals surface area contributed by atoms with Gasteiger partial charge in [0, 0.05) is 31.3 Å². The molecular weight excluding hydrogens is 394 g/mol. The normalized spacial score (nSPS) is 16.1. The van der Waals surface area contributed by atoms with Gasteiger partial charge in [-0.25, -0.2) is 0 Å². The van der Waals surface area contributed by atoms with Gasteiger partial charge in [0.2, 0.25) is 5.91 Å². The monoisotopic (exact) mass is 427 g/mol. The summed E-state index contributed by atoms with van der Waals surface area (Å²) >= 11 is 6.01. The molecule has 0 aromatic heterocycles. The molecule has 1 heterocycles. The van der Waals surface area contributed by atoms with Gasteiger partial charge in [-0.2, -0.15) is 0 Å². The highest BCUT2D eigenvalue weighted by Gasteiger charge is 2.30. The molecule has 1 saturated heterocycles. The zero-order valence-corrected chi connectivity index (χ0v) is 18.9. The van der Waals surface area contributed by atoms with E-state index in [2.05, 4.69) is 60.9 Å². The van der Waals surface area contributed by atoms with Crippen LogP contribution in [0.4, 0.5) is 0 Å². The molecule has 2 N–H and O–H groups in total. The second kappa shape index (κ2) is 11.5. The van der Waals surface area contributed by atoms with Gasteiger partial charge in [-0.1, -0.05) is 67.9 Å². The summed E-state index contributed by atoms with van der Waals surface area (Å²) in [5, 5.41) is 7.62. The number of carbonyl (C=O) groups is 1. The standard InChI is InChI=1S/C25H34ClN3O/c1-19(2)24(28-18-27-15-12-20-6-4-3-5-7-20)25(30)29-16-13-22(14-17-29)21-8-10-23(26)11-9-21/h3-11,19,22,24,27-28H,12-18H2,1-2H3/t24-/m1/s1. The van der Waals surface area contributed by atoms with Crippen LogP contribution in [0.15, 0.2) is 54.6 Å². The molecule has 0 radical (unpaired) electrons. The second-order valence-electron chi connectivity index (χ2n) is 8.49. The van der Waals surface area contributed by atoms with Crippen LogP contribution in [0.3, 0.4) is 0 Å². The van der Waals surface area contributed by atoms with Crippen LogP contribution in [0.25, 0.3) is 0 Å². The van der Waals surface area contributed by atoms with Crippen molar-refractivity contribution in [1.29, 1.82) is 0 Å². The Morgan fingerprint density at radius 1 is 1.07 bits per heavy atom. The lowest BCUT2D eigenvalue weighted by Crippen LogP contribution is -2.53. The minimum absolute atomic E-state index is 0.152. The fraction of sp³-hybridized carbons (Fsp3) is 0.480. The molecule has 3 rings (SSSR count). The van der Waals surface area contributed by atoms with E-state index in [1.165, 1.54) is 11.1 Å². The van der Waals surface area contributed by atoms with Crippen LogP contribution in [-0.2, 0) is 11.2 Å². The molecule has 1 atom stereocenters. The number of hydrogen-bond acceptors (Lipinski definition) is 3. The van der Waals surface area contributed by atoms with Gasteiger partial charge in [-0.3, -0.25) is 10.1 Å². The summed E-state index contributed by atoms with van der Waals surface area (Å²) in [4.78, 5) is 15.2. The minimum atomic E-state index is -0.152. The van der Waals surface area contributed by atoms with E-state index < -0.39 is 0 Å². The van der Waals surface area contributed by atoms with Crippen molar-refractivity contribution in [1.82, 2.24) is 15.5 Å². The Morgan fingerprint density at radius 3 is 2.37 bits per heavy atom. The molecule has 5 heteroatoms. The third-order valence-electron chi connectivity index (χ3n) is 5.96. The average molecular weight is 428 g/mol. The lowest BCUT2D eigenvalue weighted by Gasteiger charge is -2.35. The Hall–Kier alpha value is -1.88. The molecule has 30 heavy (non-hydrogen) atoms. The van der Waals surface area contributed by atoms with Crippen molar-refractivity contribution >= 4 is 17.5 Å². The van der Waals surface area contributed by atoms with E-state index in [0.717, 1.165) is 43.9 Å². The van der Waals surface area contributed by atoms with Gasteiger partial charge in [0.25, 0.3) is 0 Å². The third-order valence-corrected chi connectivity index (χ3v) is 6.21. The Labute approximate surface area is 186 Å². The summed E-state index contributed by atoms with van der Waals surface area (Å²) in [5.74, 6) is 0.989. The summed E-state index contributed by atoms with van der Waals surface area (Å²) < 4.78 is 0. The molecule has 1 fully saturated rings. The maximum atomic E-state index is 13.1. The molecular formula is C25H34ClN3O. The number of nitrogens with one attached hydrogen (secondary N) is 2. The van der Waals surface area contributed by atoms with Gasteiger partial charge < -0.3 is 10.2 Å². The number of amides is 1. The van der Waals surface area contributed by atoms with E-state index in [4.69, 9.17) is 11.6 Å². The molecule has 0 bridgehead atoms. The van der Waals surface area contributed by atoms with Gasteiger partial charge in [-0.05, 0) is 54.4 Å². The predicted octanol–water partition coefficient (Wildman–Crippen LogP) is 4.45. The molecule has 1 amide bonds. The zero-order valence-electron chi connectivity index (χ0n) is 18.1. The number of rotatable bonds is 9. The Bertz CT molecular complexity index is 771.